The molecule has 0 unspecified atom stereocenters. The maximum Gasteiger partial charge on any atom is 0.182 e. The van der Waals surface area contributed by atoms with E-state index in [9.17, 15) is 4.79 Å². The van der Waals surface area contributed by atoms with Crippen molar-refractivity contribution in [3.8, 4) is 0 Å². The smallest absolute Gasteiger partial charge is 0.182 e. The van der Waals surface area contributed by atoms with Crippen LogP contribution in [0.15, 0.2) is 30.3 Å². The Balaban J connectivity index is 2.12. The molecular weight excluding hydrogens is 278 g/mol. The number of benzene rings is 1. The van der Waals surface area contributed by atoms with Gasteiger partial charge >= 0.3 is 0 Å². The summed E-state index contributed by atoms with van der Waals surface area (Å²) in [5.74, 6) is 0.230. The minimum atomic E-state index is -0.0520. The minimum absolute atomic E-state index is 0.0520. The molecule has 0 aliphatic heterocycles. The van der Waals surface area contributed by atoms with Gasteiger partial charge in [0.15, 0.2) is 5.78 Å². The van der Waals surface area contributed by atoms with Crippen LogP contribution in [-0.2, 0) is 11.8 Å². The second kappa shape index (κ2) is 5.72. The normalized spacial score (nSPS) is 15.0. The molecule has 0 fully saturated rings. The number of aromatic nitrogens is 1. The first-order valence-electron chi connectivity index (χ1n) is 7.80. The third-order valence-corrected chi connectivity index (χ3v) is 6.03. The van der Waals surface area contributed by atoms with Gasteiger partial charge in [-0.3, -0.25) is 4.79 Å². The standard InChI is InChI=1S/C18H21NOS/c1-3-18(4-2,13-9-6-5-7-10-13)17-19-16-14(20)11-8-12-15(16)21-17/h5-7,9-10H,3-4,8,11-12H2,1-2H3. The van der Waals surface area contributed by atoms with Gasteiger partial charge < -0.3 is 0 Å². The third-order valence-electron chi connectivity index (χ3n) is 4.71. The first-order chi connectivity index (χ1) is 10.2. The molecule has 1 aromatic carbocycles. The zero-order chi connectivity index (χ0) is 14.9. The monoisotopic (exact) mass is 299 g/mol. The van der Waals surface area contributed by atoms with Gasteiger partial charge in [0.05, 0.1) is 0 Å². The lowest BCUT2D eigenvalue weighted by Crippen LogP contribution is -2.26. The van der Waals surface area contributed by atoms with E-state index in [1.807, 2.05) is 0 Å². The molecular formula is C18H21NOS. The summed E-state index contributed by atoms with van der Waals surface area (Å²) in [6, 6.07) is 10.6. The lowest BCUT2D eigenvalue weighted by molar-refractivity contribution is 0.0968. The van der Waals surface area contributed by atoms with Crippen molar-refractivity contribution in [2.45, 2.75) is 51.4 Å². The molecule has 1 heterocycles. The average Bonchev–Trinajstić information content (AvgIpc) is 2.96. The number of aryl methyl sites for hydroxylation is 1. The number of carbonyl (C=O) groups excluding carboxylic acids is 1. The first-order valence-corrected chi connectivity index (χ1v) is 8.62. The second-order valence-electron chi connectivity index (χ2n) is 5.72. The molecule has 0 atom stereocenters. The summed E-state index contributed by atoms with van der Waals surface area (Å²) in [6.07, 6.45) is 4.66. The zero-order valence-electron chi connectivity index (χ0n) is 12.7. The van der Waals surface area contributed by atoms with E-state index in [0.717, 1.165) is 36.4 Å². The number of carbonyl (C=O) groups is 1. The Morgan fingerprint density at radius 3 is 2.48 bits per heavy atom. The van der Waals surface area contributed by atoms with Gasteiger partial charge in [-0.25, -0.2) is 4.98 Å². The van der Waals surface area contributed by atoms with Crippen LogP contribution in [0.5, 0.6) is 0 Å². The van der Waals surface area contributed by atoms with Crippen LogP contribution in [0.1, 0.15) is 65.5 Å². The molecule has 0 spiro atoms. The van der Waals surface area contributed by atoms with Gasteiger partial charge in [-0.15, -0.1) is 11.3 Å². The molecule has 0 bridgehead atoms. The quantitative estimate of drug-likeness (QED) is 0.814. The van der Waals surface area contributed by atoms with Crippen molar-refractivity contribution in [1.29, 1.82) is 0 Å². The van der Waals surface area contributed by atoms with Crippen molar-refractivity contribution in [2.75, 3.05) is 0 Å². The van der Waals surface area contributed by atoms with Crippen LogP contribution in [0.25, 0.3) is 0 Å². The zero-order valence-corrected chi connectivity index (χ0v) is 13.5. The summed E-state index contributed by atoms with van der Waals surface area (Å²) in [4.78, 5) is 18.1. The Morgan fingerprint density at radius 1 is 1.14 bits per heavy atom. The van der Waals surface area contributed by atoms with Crippen molar-refractivity contribution in [3.05, 3.63) is 51.5 Å². The molecule has 21 heavy (non-hydrogen) atoms. The highest BCUT2D eigenvalue weighted by molar-refractivity contribution is 7.12. The van der Waals surface area contributed by atoms with Crippen LogP contribution >= 0.6 is 11.3 Å². The van der Waals surface area contributed by atoms with E-state index in [1.165, 1.54) is 10.4 Å². The first kappa shape index (κ1) is 14.5. The summed E-state index contributed by atoms with van der Waals surface area (Å²) in [5, 5.41) is 1.12. The Labute approximate surface area is 130 Å². The fraction of sp³-hybridized carbons (Fsp3) is 0.444. The molecule has 0 radical (unpaired) electrons. The van der Waals surface area contributed by atoms with E-state index in [-0.39, 0.29) is 11.2 Å². The molecule has 110 valence electrons. The SMILES string of the molecule is CCC(CC)(c1ccccc1)c1nc2c(s1)CCCC2=O. The molecule has 3 rings (SSSR count). The molecule has 2 nitrogen and oxygen atoms in total. The van der Waals surface area contributed by atoms with Gasteiger partial charge in [-0.2, -0.15) is 0 Å². The highest BCUT2D eigenvalue weighted by atomic mass is 32.1. The van der Waals surface area contributed by atoms with Crippen molar-refractivity contribution in [2.24, 2.45) is 0 Å². The number of nitrogens with zero attached hydrogens (tertiary/aromatic N) is 1. The fourth-order valence-electron chi connectivity index (χ4n) is 3.31. The Kier molecular flexibility index (Phi) is 3.94. The van der Waals surface area contributed by atoms with E-state index >= 15 is 0 Å². The third kappa shape index (κ3) is 2.34. The lowest BCUT2D eigenvalue weighted by atomic mass is 9.76. The van der Waals surface area contributed by atoms with Gasteiger partial charge in [0.2, 0.25) is 0 Å². The summed E-state index contributed by atoms with van der Waals surface area (Å²) in [6.45, 7) is 4.44. The number of hydrogen-bond acceptors (Lipinski definition) is 3. The lowest BCUT2D eigenvalue weighted by Gasteiger charge is -2.30. The van der Waals surface area contributed by atoms with Crippen LogP contribution in [0.4, 0.5) is 0 Å². The van der Waals surface area contributed by atoms with Gasteiger partial charge in [-0.05, 0) is 31.2 Å². The van der Waals surface area contributed by atoms with Crippen LogP contribution in [0, 0.1) is 0 Å². The van der Waals surface area contributed by atoms with Crippen LogP contribution in [0.2, 0.25) is 0 Å². The van der Waals surface area contributed by atoms with Crippen LogP contribution in [0.3, 0.4) is 0 Å². The van der Waals surface area contributed by atoms with Gasteiger partial charge in [-0.1, -0.05) is 44.2 Å². The number of ketones is 1. The van der Waals surface area contributed by atoms with E-state index in [2.05, 4.69) is 44.2 Å². The number of Topliss-reactive ketones (excluding diaryl/α,β-unsaturated/α-hetero) is 1. The second-order valence-corrected chi connectivity index (χ2v) is 6.81. The molecule has 1 aliphatic carbocycles. The fourth-order valence-corrected chi connectivity index (χ4v) is 4.79. The predicted molar refractivity (Wildman–Crippen MR) is 87.2 cm³/mol. The Bertz CT molecular complexity index is 640. The molecule has 1 aromatic heterocycles. The molecule has 0 saturated carbocycles. The van der Waals surface area contributed by atoms with E-state index in [1.54, 1.807) is 11.3 Å². The largest absolute Gasteiger partial charge is 0.292 e. The summed E-state index contributed by atoms with van der Waals surface area (Å²) in [5.41, 5.74) is 2.01. The number of hydrogen-bond donors (Lipinski definition) is 0. The number of rotatable bonds is 4. The van der Waals surface area contributed by atoms with Crippen LogP contribution < -0.4 is 0 Å². The molecule has 0 saturated heterocycles. The average molecular weight is 299 g/mol. The van der Waals surface area contributed by atoms with Gasteiger partial charge in [0.25, 0.3) is 0 Å². The van der Waals surface area contributed by atoms with Gasteiger partial charge in [0.1, 0.15) is 10.7 Å². The molecule has 3 heteroatoms. The van der Waals surface area contributed by atoms with Crippen molar-refractivity contribution >= 4 is 17.1 Å². The topological polar surface area (TPSA) is 30.0 Å². The maximum atomic E-state index is 12.1. The highest BCUT2D eigenvalue weighted by Gasteiger charge is 2.36. The predicted octanol–water partition coefficient (Wildman–Crippen LogP) is 4.77. The summed E-state index contributed by atoms with van der Waals surface area (Å²) >= 11 is 1.76. The van der Waals surface area contributed by atoms with Crippen molar-refractivity contribution < 1.29 is 4.79 Å². The summed E-state index contributed by atoms with van der Waals surface area (Å²) < 4.78 is 0. The molecule has 1 aliphatic rings. The molecule has 0 N–H and O–H groups in total. The Morgan fingerprint density at radius 2 is 1.86 bits per heavy atom. The number of thiazole rings is 1. The Hall–Kier alpha value is -1.48. The van der Waals surface area contributed by atoms with Crippen molar-refractivity contribution in [1.82, 2.24) is 4.98 Å². The minimum Gasteiger partial charge on any atom is -0.292 e. The highest BCUT2D eigenvalue weighted by Crippen LogP contribution is 2.42. The van der Waals surface area contributed by atoms with Gasteiger partial charge in [0, 0.05) is 16.7 Å². The maximum absolute atomic E-state index is 12.1. The molecule has 0 amide bonds. The van der Waals surface area contributed by atoms with E-state index < -0.39 is 0 Å². The van der Waals surface area contributed by atoms with Crippen LogP contribution in [-0.4, -0.2) is 10.8 Å². The summed E-state index contributed by atoms with van der Waals surface area (Å²) in [7, 11) is 0. The van der Waals surface area contributed by atoms with E-state index in [0.29, 0.717) is 6.42 Å². The molecule has 2 aromatic rings. The van der Waals surface area contributed by atoms with Crippen molar-refractivity contribution in [3.63, 3.8) is 0 Å². The number of fused-ring (bicyclic) bond motifs is 1. The van der Waals surface area contributed by atoms with E-state index in [4.69, 9.17) is 4.98 Å².